The number of hydrogen-bond acceptors (Lipinski definition) is 4. The first kappa shape index (κ1) is 21.7. The molecule has 166 valence electrons. The van der Waals surface area contributed by atoms with Crippen molar-refractivity contribution in [2.24, 2.45) is 0 Å². The number of aliphatic hydroxyl groups is 1. The van der Waals surface area contributed by atoms with E-state index in [0.29, 0.717) is 22.3 Å². The van der Waals surface area contributed by atoms with Crippen LogP contribution in [0.2, 0.25) is 0 Å². The van der Waals surface area contributed by atoms with Gasteiger partial charge in [0.05, 0.1) is 18.8 Å². The van der Waals surface area contributed by atoms with E-state index in [0.717, 1.165) is 31.7 Å². The van der Waals surface area contributed by atoms with E-state index in [1.807, 2.05) is 0 Å². The lowest BCUT2D eigenvalue weighted by molar-refractivity contribution is 0.0915. The SMILES string of the molecule is O=C(NC1CCCC1)c1cccc([C@@H](CO)NC(=O)c2ccc(-c3cn[nH]c3)c(F)c2)c1. The van der Waals surface area contributed by atoms with Gasteiger partial charge < -0.3 is 15.7 Å². The Morgan fingerprint density at radius 3 is 2.59 bits per heavy atom. The Morgan fingerprint density at radius 1 is 1.12 bits per heavy atom. The third-order valence-corrected chi connectivity index (χ3v) is 5.77. The largest absolute Gasteiger partial charge is 0.394 e. The second kappa shape index (κ2) is 9.74. The van der Waals surface area contributed by atoms with Crippen molar-refractivity contribution in [1.82, 2.24) is 20.8 Å². The zero-order chi connectivity index (χ0) is 22.5. The summed E-state index contributed by atoms with van der Waals surface area (Å²) < 4.78 is 14.5. The number of carbonyl (C=O) groups excluding carboxylic acids is 2. The standard InChI is InChI=1S/C24H25FN4O3/c25-21-11-17(8-9-20(21)18-12-26-27-13-18)24(32)29-22(14-30)15-4-3-5-16(10-15)23(31)28-19-6-1-2-7-19/h3-5,8-13,19,22,30H,1-2,6-7,14H2,(H,26,27)(H,28,31)(H,29,32)/t22-/m1/s1. The molecule has 4 rings (SSSR count). The lowest BCUT2D eigenvalue weighted by atomic mass is 10.0. The van der Waals surface area contributed by atoms with E-state index in [1.165, 1.54) is 18.3 Å². The summed E-state index contributed by atoms with van der Waals surface area (Å²) in [5.74, 6) is -1.24. The number of rotatable bonds is 7. The normalized spacial score (nSPS) is 14.8. The minimum atomic E-state index is -0.738. The smallest absolute Gasteiger partial charge is 0.251 e. The van der Waals surface area contributed by atoms with Gasteiger partial charge in [0, 0.05) is 34.5 Å². The molecule has 1 aliphatic rings. The maximum Gasteiger partial charge on any atom is 0.251 e. The molecule has 8 heteroatoms. The highest BCUT2D eigenvalue weighted by Crippen LogP contribution is 2.23. The van der Waals surface area contributed by atoms with Crippen LogP contribution in [0.15, 0.2) is 54.9 Å². The number of nitrogens with one attached hydrogen (secondary N) is 3. The van der Waals surface area contributed by atoms with Gasteiger partial charge in [0.1, 0.15) is 5.82 Å². The zero-order valence-corrected chi connectivity index (χ0v) is 17.5. The molecule has 1 saturated carbocycles. The Morgan fingerprint density at radius 2 is 1.91 bits per heavy atom. The van der Waals surface area contributed by atoms with Gasteiger partial charge in [-0.25, -0.2) is 4.39 Å². The third kappa shape index (κ3) is 4.86. The molecule has 0 spiro atoms. The van der Waals surface area contributed by atoms with Gasteiger partial charge in [-0.05, 0) is 42.7 Å². The first-order valence-electron chi connectivity index (χ1n) is 10.7. The number of benzene rings is 2. The van der Waals surface area contributed by atoms with Gasteiger partial charge in [0.25, 0.3) is 11.8 Å². The fourth-order valence-electron chi connectivity index (χ4n) is 4.00. The van der Waals surface area contributed by atoms with E-state index in [4.69, 9.17) is 0 Å². The molecule has 0 unspecified atom stereocenters. The number of carbonyl (C=O) groups is 2. The van der Waals surface area contributed by atoms with E-state index in [2.05, 4.69) is 20.8 Å². The van der Waals surface area contributed by atoms with Crippen LogP contribution in [0.4, 0.5) is 4.39 Å². The summed E-state index contributed by atoms with van der Waals surface area (Å²) in [5.41, 5.74) is 2.10. The summed E-state index contributed by atoms with van der Waals surface area (Å²) in [4.78, 5) is 25.3. The molecule has 7 nitrogen and oxygen atoms in total. The second-order valence-corrected chi connectivity index (χ2v) is 7.97. The quantitative estimate of drug-likeness (QED) is 0.456. The summed E-state index contributed by atoms with van der Waals surface area (Å²) in [6.45, 7) is -0.366. The molecule has 32 heavy (non-hydrogen) atoms. The molecule has 4 N–H and O–H groups in total. The van der Waals surface area contributed by atoms with Gasteiger partial charge in [0.2, 0.25) is 0 Å². The van der Waals surface area contributed by atoms with E-state index in [1.54, 1.807) is 30.5 Å². The molecule has 1 aromatic heterocycles. The highest BCUT2D eigenvalue weighted by Gasteiger charge is 2.20. The van der Waals surface area contributed by atoms with E-state index >= 15 is 0 Å². The fourth-order valence-corrected chi connectivity index (χ4v) is 4.00. The van der Waals surface area contributed by atoms with Crippen molar-refractivity contribution in [2.75, 3.05) is 6.61 Å². The molecule has 1 heterocycles. The van der Waals surface area contributed by atoms with Crippen LogP contribution >= 0.6 is 0 Å². The Balaban J connectivity index is 1.46. The Bertz CT molecular complexity index is 1090. The zero-order valence-electron chi connectivity index (χ0n) is 17.5. The van der Waals surface area contributed by atoms with Crippen LogP contribution in [0, 0.1) is 5.82 Å². The summed E-state index contributed by atoms with van der Waals surface area (Å²) in [6, 6.07) is 10.4. The van der Waals surface area contributed by atoms with Crippen molar-refractivity contribution in [3.8, 4) is 11.1 Å². The van der Waals surface area contributed by atoms with Gasteiger partial charge >= 0.3 is 0 Å². The summed E-state index contributed by atoms with van der Waals surface area (Å²) in [7, 11) is 0. The number of amides is 2. The van der Waals surface area contributed by atoms with Gasteiger partial charge in [-0.2, -0.15) is 5.10 Å². The van der Waals surface area contributed by atoms with Crippen LogP contribution in [0.5, 0.6) is 0 Å². The van der Waals surface area contributed by atoms with Gasteiger partial charge in [0.15, 0.2) is 0 Å². The van der Waals surface area contributed by atoms with Crippen LogP contribution in [0.3, 0.4) is 0 Å². The number of H-pyrrole nitrogens is 1. The highest BCUT2D eigenvalue weighted by molar-refractivity contribution is 5.96. The van der Waals surface area contributed by atoms with Gasteiger partial charge in [-0.3, -0.25) is 14.7 Å². The maximum absolute atomic E-state index is 14.5. The van der Waals surface area contributed by atoms with Crippen molar-refractivity contribution in [3.05, 3.63) is 77.4 Å². The highest BCUT2D eigenvalue weighted by atomic mass is 19.1. The number of aromatic nitrogens is 2. The number of nitrogens with zero attached hydrogens (tertiary/aromatic N) is 1. The Labute approximate surface area is 185 Å². The van der Waals surface area contributed by atoms with Crippen molar-refractivity contribution in [1.29, 1.82) is 0 Å². The summed E-state index contributed by atoms with van der Waals surface area (Å²) in [5, 5.41) is 22.0. The minimum Gasteiger partial charge on any atom is -0.394 e. The molecule has 1 atom stereocenters. The molecule has 0 bridgehead atoms. The molecular weight excluding hydrogens is 411 g/mol. The first-order chi connectivity index (χ1) is 15.5. The average molecular weight is 436 g/mol. The predicted molar refractivity (Wildman–Crippen MR) is 117 cm³/mol. The third-order valence-electron chi connectivity index (χ3n) is 5.77. The van der Waals surface area contributed by atoms with Crippen molar-refractivity contribution >= 4 is 11.8 Å². The number of hydrogen-bond donors (Lipinski definition) is 4. The van der Waals surface area contributed by atoms with Gasteiger partial charge in [-0.15, -0.1) is 0 Å². The van der Waals surface area contributed by atoms with Crippen LogP contribution < -0.4 is 10.6 Å². The van der Waals surface area contributed by atoms with Crippen LogP contribution in [-0.4, -0.2) is 39.8 Å². The number of halogens is 1. The average Bonchev–Trinajstić information content (AvgIpc) is 3.52. The molecule has 0 saturated heterocycles. The van der Waals surface area contributed by atoms with Crippen molar-refractivity contribution < 1.29 is 19.1 Å². The molecule has 1 fully saturated rings. The van der Waals surface area contributed by atoms with E-state index in [9.17, 15) is 19.1 Å². The predicted octanol–water partition coefficient (Wildman–Crippen LogP) is 3.35. The molecular formula is C24H25FN4O3. The monoisotopic (exact) mass is 436 g/mol. The lowest BCUT2D eigenvalue weighted by Gasteiger charge is -2.18. The fraction of sp³-hybridized carbons (Fsp3) is 0.292. The molecule has 0 aliphatic heterocycles. The topological polar surface area (TPSA) is 107 Å². The maximum atomic E-state index is 14.5. The van der Waals surface area contributed by atoms with Gasteiger partial charge in [-0.1, -0.05) is 31.0 Å². The molecule has 2 aromatic carbocycles. The van der Waals surface area contributed by atoms with Crippen LogP contribution in [0.25, 0.3) is 11.1 Å². The lowest BCUT2D eigenvalue weighted by Crippen LogP contribution is -2.33. The van der Waals surface area contributed by atoms with Crippen LogP contribution in [-0.2, 0) is 0 Å². The molecule has 1 aliphatic carbocycles. The van der Waals surface area contributed by atoms with Crippen molar-refractivity contribution in [3.63, 3.8) is 0 Å². The van der Waals surface area contributed by atoms with Crippen molar-refractivity contribution in [2.45, 2.75) is 37.8 Å². The van der Waals surface area contributed by atoms with E-state index < -0.39 is 17.8 Å². The Kier molecular flexibility index (Phi) is 6.61. The molecule has 3 aromatic rings. The number of aliphatic hydroxyl groups excluding tert-OH is 1. The summed E-state index contributed by atoms with van der Waals surface area (Å²) >= 11 is 0. The van der Waals surface area contributed by atoms with E-state index in [-0.39, 0.29) is 24.1 Å². The summed E-state index contributed by atoms with van der Waals surface area (Å²) in [6.07, 6.45) is 7.26. The first-order valence-corrected chi connectivity index (χ1v) is 10.7. The Hall–Kier alpha value is -3.52. The van der Waals surface area contributed by atoms with Crippen LogP contribution in [0.1, 0.15) is 58.0 Å². The minimum absolute atomic E-state index is 0.128. The number of aromatic amines is 1. The molecule has 0 radical (unpaired) electrons. The second-order valence-electron chi connectivity index (χ2n) is 7.97. The molecule has 2 amide bonds.